The first kappa shape index (κ1) is 43.7. The Morgan fingerprint density at radius 1 is 0.461 bits per heavy atom. The summed E-state index contributed by atoms with van der Waals surface area (Å²) < 4.78 is 24.7. The second-order valence-corrected chi connectivity index (χ2v) is 20.0. The maximum absolute atomic E-state index is 6.90. The molecule has 10 aromatic carbocycles. The van der Waals surface area contributed by atoms with Gasteiger partial charge in [-0.2, -0.15) is 0 Å². The molecule has 0 bridgehead atoms. The molecule has 15 aromatic rings. The van der Waals surface area contributed by atoms with Crippen molar-refractivity contribution in [3.63, 3.8) is 0 Å². The van der Waals surface area contributed by atoms with E-state index in [9.17, 15) is 0 Å². The Balaban J connectivity index is 0.000000413. The number of rotatable bonds is 6. The molecule has 0 spiro atoms. The van der Waals surface area contributed by atoms with E-state index in [-0.39, 0.29) is 0 Å². The number of furan rings is 3. The average molecular weight is 977 g/mol. The van der Waals surface area contributed by atoms with Crippen LogP contribution in [0.5, 0.6) is 0 Å². The van der Waals surface area contributed by atoms with Crippen molar-refractivity contribution in [1.82, 2.24) is 9.13 Å². The topological polar surface area (TPSA) is 49.3 Å². The molecule has 5 heteroatoms. The van der Waals surface area contributed by atoms with Crippen LogP contribution < -0.4 is 0 Å². The van der Waals surface area contributed by atoms with Gasteiger partial charge in [-0.05, 0) is 120 Å². The van der Waals surface area contributed by atoms with E-state index in [4.69, 9.17) is 13.3 Å². The van der Waals surface area contributed by atoms with Gasteiger partial charge in [0.1, 0.15) is 28.1 Å². The van der Waals surface area contributed by atoms with Crippen LogP contribution in [0.4, 0.5) is 0 Å². The van der Waals surface area contributed by atoms with Crippen LogP contribution in [0, 0.1) is 6.92 Å². The van der Waals surface area contributed by atoms with Gasteiger partial charge in [-0.3, -0.25) is 0 Å². The van der Waals surface area contributed by atoms with E-state index in [0.717, 1.165) is 129 Å². The Labute approximate surface area is 437 Å². The summed E-state index contributed by atoms with van der Waals surface area (Å²) in [6.45, 7) is 9.64. The minimum atomic E-state index is 0.852. The van der Waals surface area contributed by atoms with Crippen LogP contribution in [0.25, 0.3) is 144 Å². The number of fused-ring (bicyclic) bond motifs is 15. The molecule has 1 aliphatic rings. The summed E-state index contributed by atoms with van der Waals surface area (Å²) in [5.41, 5.74) is 20.3. The van der Waals surface area contributed by atoms with Gasteiger partial charge in [0.05, 0.1) is 27.8 Å². The average Bonchev–Trinajstić information content (AvgIpc) is 4.38. The van der Waals surface area contributed by atoms with Crippen LogP contribution in [0.15, 0.2) is 245 Å². The van der Waals surface area contributed by atoms with Gasteiger partial charge in [0, 0.05) is 70.9 Å². The molecule has 0 fully saturated rings. The lowest BCUT2D eigenvalue weighted by Crippen LogP contribution is -1.94. The summed E-state index contributed by atoms with van der Waals surface area (Å²) in [7, 11) is 0. The molecule has 0 saturated carbocycles. The summed E-state index contributed by atoms with van der Waals surface area (Å²) in [4.78, 5) is 0. The zero-order chi connectivity index (χ0) is 50.6. The maximum atomic E-state index is 6.90. The SMILES string of the molecule is C1=Cc2oc3c(-c4ccc5c(c4)c4ccccc4n5-c4ccc5oc6c(-n7c8ccccc8c8cc(-c9cccc%10c9oc9ccccc9%10)ccc87)cccc6c5c4)cccc3c2CC1.C=CC(=C)c1ccccc1C. The molecule has 0 radical (unpaired) electrons. The molecule has 5 aromatic heterocycles. The third-order valence-corrected chi connectivity index (χ3v) is 15.7. The highest BCUT2D eigenvalue weighted by atomic mass is 16.3. The van der Waals surface area contributed by atoms with Gasteiger partial charge >= 0.3 is 0 Å². The zero-order valence-electron chi connectivity index (χ0n) is 41.8. The second-order valence-electron chi connectivity index (χ2n) is 20.0. The maximum Gasteiger partial charge on any atom is 0.159 e. The lowest BCUT2D eigenvalue weighted by atomic mass is 9.97. The van der Waals surface area contributed by atoms with Gasteiger partial charge in [-0.1, -0.05) is 165 Å². The molecule has 0 saturated heterocycles. The Bertz CT molecular complexity index is 4940. The number of hydrogen-bond donors (Lipinski definition) is 0. The quantitative estimate of drug-likeness (QED) is 0.156. The van der Waals surface area contributed by atoms with Crippen molar-refractivity contribution in [3.05, 3.63) is 254 Å². The van der Waals surface area contributed by atoms with Crippen LogP contribution in [-0.4, -0.2) is 9.13 Å². The lowest BCUT2D eigenvalue weighted by Gasteiger charge is -2.09. The predicted octanol–water partition coefficient (Wildman–Crippen LogP) is 19.9. The predicted molar refractivity (Wildman–Crippen MR) is 318 cm³/mol. The largest absolute Gasteiger partial charge is 0.456 e. The van der Waals surface area contributed by atoms with Gasteiger partial charge in [0.2, 0.25) is 0 Å². The molecule has 5 nitrogen and oxygen atoms in total. The number of hydrogen-bond acceptors (Lipinski definition) is 3. The zero-order valence-corrected chi connectivity index (χ0v) is 41.8. The number of aryl methyl sites for hydroxylation is 2. The highest BCUT2D eigenvalue weighted by molar-refractivity contribution is 6.16. The molecule has 0 unspecified atom stereocenters. The molecule has 0 atom stereocenters. The Hall–Kier alpha value is -9.84. The number of para-hydroxylation sites is 6. The molecule has 76 heavy (non-hydrogen) atoms. The third kappa shape index (κ3) is 6.65. The number of aromatic nitrogens is 2. The van der Waals surface area contributed by atoms with Crippen LogP contribution in [-0.2, 0) is 6.42 Å². The molecule has 16 rings (SSSR count). The Morgan fingerprint density at radius 3 is 1.76 bits per heavy atom. The van der Waals surface area contributed by atoms with Crippen molar-refractivity contribution in [2.24, 2.45) is 0 Å². The van der Waals surface area contributed by atoms with Crippen molar-refractivity contribution in [2.45, 2.75) is 19.8 Å². The summed E-state index contributed by atoms with van der Waals surface area (Å²) in [5, 5.41) is 10.4. The van der Waals surface area contributed by atoms with E-state index < -0.39 is 0 Å². The normalized spacial score (nSPS) is 12.5. The standard InChI is InChI=1S/C60H36N2O3.C11H12/c1-5-21-50-40(12-1)47-32-35(38-16-9-18-44-42-14-3-7-24-55(42)63-58(38)44)26-29-52(47)61(50)37-28-31-57-49(34-37)46-20-11-23-54(60(46)65-57)62-51-22-6-2-13-41(51)48-33-36(27-30-53(48)62)39-17-10-19-45-43-15-4-8-25-56(43)64-59(39)45;1-4-9(2)11-8-6-5-7-10(11)3/h1-2,4-13,15-34H,3,14H2;4-8H,1-2H2,3H3. The Kier molecular flexibility index (Phi) is 9.85. The summed E-state index contributed by atoms with van der Waals surface area (Å²) in [6, 6.07) is 73.6. The first-order valence-corrected chi connectivity index (χ1v) is 26.0. The minimum absolute atomic E-state index is 0.852. The fourth-order valence-corrected chi connectivity index (χ4v) is 12.1. The van der Waals surface area contributed by atoms with E-state index in [1.807, 2.05) is 24.3 Å². The fraction of sp³-hybridized carbons (Fsp3) is 0.0423. The second kappa shape index (κ2) is 17.1. The summed E-state index contributed by atoms with van der Waals surface area (Å²) in [5.74, 6) is 0.989. The third-order valence-electron chi connectivity index (χ3n) is 15.7. The van der Waals surface area contributed by atoms with Gasteiger partial charge in [0.25, 0.3) is 0 Å². The molecule has 5 heterocycles. The smallest absolute Gasteiger partial charge is 0.159 e. The first-order valence-electron chi connectivity index (χ1n) is 26.0. The summed E-state index contributed by atoms with van der Waals surface area (Å²) >= 11 is 0. The Morgan fingerprint density at radius 2 is 1.03 bits per heavy atom. The van der Waals surface area contributed by atoms with Crippen LogP contribution in [0.1, 0.15) is 28.9 Å². The van der Waals surface area contributed by atoms with Crippen molar-refractivity contribution >= 4 is 110 Å². The lowest BCUT2D eigenvalue weighted by molar-refractivity contribution is 0.596. The van der Waals surface area contributed by atoms with Crippen molar-refractivity contribution < 1.29 is 13.3 Å². The van der Waals surface area contributed by atoms with Gasteiger partial charge < -0.3 is 22.4 Å². The van der Waals surface area contributed by atoms with Crippen LogP contribution in [0.2, 0.25) is 0 Å². The highest BCUT2D eigenvalue weighted by Gasteiger charge is 2.22. The van der Waals surface area contributed by atoms with E-state index in [1.54, 1.807) is 6.08 Å². The van der Waals surface area contributed by atoms with Gasteiger partial charge in [0.15, 0.2) is 5.58 Å². The van der Waals surface area contributed by atoms with Crippen molar-refractivity contribution in [2.75, 3.05) is 0 Å². The number of nitrogens with zero attached hydrogens (tertiary/aromatic N) is 2. The first-order chi connectivity index (χ1) is 37.5. The number of benzene rings is 10. The van der Waals surface area contributed by atoms with E-state index >= 15 is 0 Å². The molecule has 360 valence electrons. The molecule has 0 amide bonds. The minimum Gasteiger partial charge on any atom is -0.456 e. The van der Waals surface area contributed by atoms with Gasteiger partial charge in [-0.25, -0.2) is 0 Å². The fourth-order valence-electron chi connectivity index (χ4n) is 12.1. The highest BCUT2D eigenvalue weighted by Crippen LogP contribution is 2.44. The molecule has 1 aliphatic carbocycles. The van der Waals surface area contributed by atoms with E-state index in [2.05, 4.69) is 223 Å². The van der Waals surface area contributed by atoms with Crippen LogP contribution in [0.3, 0.4) is 0 Å². The molecular weight excluding hydrogens is 929 g/mol. The van der Waals surface area contributed by atoms with Crippen LogP contribution >= 0.6 is 0 Å². The number of allylic oxidation sites excluding steroid dienone is 3. The summed E-state index contributed by atoms with van der Waals surface area (Å²) in [6.07, 6.45) is 8.18. The molecular formula is C71H48N2O3. The van der Waals surface area contributed by atoms with Crippen molar-refractivity contribution in [3.8, 4) is 33.6 Å². The van der Waals surface area contributed by atoms with Crippen molar-refractivity contribution in [1.29, 1.82) is 0 Å². The van der Waals surface area contributed by atoms with E-state index in [1.165, 1.54) is 43.6 Å². The van der Waals surface area contributed by atoms with E-state index in [0.29, 0.717) is 0 Å². The monoisotopic (exact) mass is 976 g/mol. The molecule has 0 N–H and O–H groups in total. The molecule has 0 aliphatic heterocycles. The van der Waals surface area contributed by atoms with Gasteiger partial charge in [-0.15, -0.1) is 0 Å².